The number of aliphatic hydroxyl groups excluding tert-OH is 1. The first-order valence-corrected chi connectivity index (χ1v) is 13.7. The Hall–Kier alpha value is -3.78. The zero-order chi connectivity index (χ0) is 27.8. The molecule has 1 saturated heterocycles. The molecule has 1 atom stereocenters. The van der Waals surface area contributed by atoms with Gasteiger partial charge in [-0.05, 0) is 61.7 Å². The lowest BCUT2D eigenvalue weighted by atomic mass is 9.95. The SMILES string of the molecule is CCCCCOc1ccc(C2/C(=C(\O)c3ccc(Cl)cc3)C(=O)C(=O)N2CCCn2ccnc2)cc1OCC. The van der Waals surface area contributed by atoms with Crippen LogP contribution in [0.1, 0.15) is 56.7 Å². The number of amides is 1. The number of nitrogens with zero attached hydrogens (tertiary/aromatic N) is 3. The van der Waals surface area contributed by atoms with E-state index in [0.717, 1.165) is 19.3 Å². The van der Waals surface area contributed by atoms with E-state index in [1.807, 2.05) is 23.8 Å². The molecule has 0 bridgehead atoms. The van der Waals surface area contributed by atoms with Gasteiger partial charge in [-0.25, -0.2) is 4.98 Å². The zero-order valence-electron chi connectivity index (χ0n) is 22.3. The summed E-state index contributed by atoms with van der Waals surface area (Å²) in [6.07, 6.45) is 8.94. The number of benzene rings is 2. The molecule has 39 heavy (non-hydrogen) atoms. The minimum absolute atomic E-state index is 0.0315. The summed E-state index contributed by atoms with van der Waals surface area (Å²) in [5, 5.41) is 11.8. The molecular weight excluding hydrogens is 518 g/mol. The summed E-state index contributed by atoms with van der Waals surface area (Å²) in [6, 6.07) is 11.1. The van der Waals surface area contributed by atoms with E-state index >= 15 is 0 Å². The van der Waals surface area contributed by atoms with Crippen molar-refractivity contribution < 1.29 is 24.2 Å². The van der Waals surface area contributed by atoms with Crippen LogP contribution in [0.15, 0.2) is 66.8 Å². The predicted molar refractivity (Wildman–Crippen MR) is 150 cm³/mol. The van der Waals surface area contributed by atoms with E-state index in [2.05, 4.69) is 11.9 Å². The van der Waals surface area contributed by atoms with Crippen LogP contribution in [0.4, 0.5) is 0 Å². The molecule has 4 rings (SSSR count). The second-order valence-electron chi connectivity index (χ2n) is 9.35. The average Bonchev–Trinajstić information content (AvgIpc) is 3.54. The Bertz CT molecular complexity index is 1300. The first kappa shape index (κ1) is 28.2. The molecule has 0 spiro atoms. The van der Waals surface area contributed by atoms with E-state index in [-0.39, 0.29) is 11.3 Å². The minimum Gasteiger partial charge on any atom is -0.507 e. The number of Topliss-reactive ketones (excluding diaryl/α,β-unsaturated/α-hetero) is 1. The normalized spacial score (nSPS) is 16.6. The largest absolute Gasteiger partial charge is 0.507 e. The first-order valence-electron chi connectivity index (χ1n) is 13.3. The maximum Gasteiger partial charge on any atom is 0.295 e. The summed E-state index contributed by atoms with van der Waals surface area (Å²) in [5.41, 5.74) is 1.09. The van der Waals surface area contributed by atoms with Gasteiger partial charge in [0.25, 0.3) is 11.7 Å². The van der Waals surface area contributed by atoms with Gasteiger partial charge in [-0.2, -0.15) is 0 Å². The second-order valence-corrected chi connectivity index (χ2v) is 9.78. The third-order valence-electron chi connectivity index (χ3n) is 6.62. The maximum absolute atomic E-state index is 13.3. The van der Waals surface area contributed by atoms with E-state index in [0.29, 0.717) is 60.4 Å². The van der Waals surface area contributed by atoms with Crippen molar-refractivity contribution >= 4 is 29.1 Å². The number of aryl methyl sites for hydroxylation is 1. The van der Waals surface area contributed by atoms with Crippen LogP contribution in [0.2, 0.25) is 5.02 Å². The number of rotatable bonds is 13. The third kappa shape index (κ3) is 6.63. The van der Waals surface area contributed by atoms with E-state index < -0.39 is 17.7 Å². The fourth-order valence-electron chi connectivity index (χ4n) is 4.68. The van der Waals surface area contributed by atoms with Crippen LogP contribution in [0.25, 0.3) is 5.76 Å². The number of carbonyl (C=O) groups is 2. The van der Waals surface area contributed by atoms with Gasteiger partial charge in [-0.15, -0.1) is 0 Å². The Labute approximate surface area is 233 Å². The number of hydrogen-bond donors (Lipinski definition) is 1. The summed E-state index contributed by atoms with van der Waals surface area (Å²) in [5.74, 6) is -0.495. The maximum atomic E-state index is 13.3. The highest BCUT2D eigenvalue weighted by Crippen LogP contribution is 2.42. The summed E-state index contributed by atoms with van der Waals surface area (Å²) < 4.78 is 13.8. The molecule has 1 amide bonds. The Kier molecular flexibility index (Phi) is 9.65. The number of likely N-dealkylation sites (tertiary alicyclic amines) is 1. The summed E-state index contributed by atoms with van der Waals surface area (Å²) >= 11 is 6.03. The van der Waals surface area contributed by atoms with Crippen molar-refractivity contribution in [2.75, 3.05) is 19.8 Å². The molecule has 206 valence electrons. The zero-order valence-corrected chi connectivity index (χ0v) is 23.1. The average molecular weight is 552 g/mol. The lowest BCUT2D eigenvalue weighted by Crippen LogP contribution is -2.31. The van der Waals surface area contributed by atoms with Crippen molar-refractivity contribution in [3.63, 3.8) is 0 Å². The minimum atomic E-state index is -0.795. The van der Waals surface area contributed by atoms with Crippen molar-refractivity contribution in [3.05, 3.63) is 82.9 Å². The van der Waals surface area contributed by atoms with Gasteiger partial charge < -0.3 is 24.0 Å². The lowest BCUT2D eigenvalue weighted by molar-refractivity contribution is -0.139. The number of aromatic nitrogens is 2. The van der Waals surface area contributed by atoms with Crippen LogP contribution < -0.4 is 9.47 Å². The molecule has 0 radical (unpaired) electrons. The standard InChI is InChI=1S/C30H34ClN3O5/c1-3-5-6-18-39-24-13-10-22(19-25(24)38-4-2)27-26(28(35)21-8-11-23(31)12-9-21)29(36)30(37)34(27)16-7-15-33-17-14-32-20-33/h8-14,17,19-20,27,35H,3-7,15-16,18H2,1-2H3/b28-26+. The molecule has 9 heteroatoms. The Morgan fingerprint density at radius 3 is 2.49 bits per heavy atom. The van der Waals surface area contributed by atoms with Gasteiger partial charge in [0.2, 0.25) is 0 Å². The van der Waals surface area contributed by atoms with Crippen LogP contribution in [-0.2, 0) is 16.1 Å². The molecule has 3 aromatic rings. The molecule has 1 aromatic heterocycles. The summed E-state index contributed by atoms with van der Waals surface area (Å²) in [7, 11) is 0. The molecule has 8 nitrogen and oxygen atoms in total. The smallest absolute Gasteiger partial charge is 0.295 e. The molecule has 2 heterocycles. The number of ketones is 1. The molecular formula is C30H34ClN3O5. The van der Waals surface area contributed by atoms with E-state index in [1.165, 1.54) is 4.90 Å². The molecule has 1 aliphatic heterocycles. The number of unbranched alkanes of at least 4 members (excludes halogenated alkanes) is 2. The molecule has 1 aliphatic rings. The first-order chi connectivity index (χ1) is 18.9. The number of ether oxygens (including phenoxy) is 2. The molecule has 2 aromatic carbocycles. The van der Waals surface area contributed by atoms with E-state index in [1.54, 1.807) is 48.9 Å². The van der Waals surface area contributed by atoms with Crippen molar-refractivity contribution in [1.82, 2.24) is 14.5 Å². The van der Waals surface area contributed by atoms with Gasteiger partial charge in [-0.1, -0.05) is 37.4 Å². The monoisotopic (exact) mass is 551 g/mol. The van der Waals surface area contributed by atoms with Crippen molar-refractivity contribution in [1.29, 1.82) is 0 Å². The number of carbonyl (C=O) groups excluding carboxylic acids is 2. The predicted octanol–water partition coefficient (Wildman–Crippen LogP) is 6.02. The highest BCUT2D eigenvalue weighted by atomic mass is 35.5. The Morgan fingerprint density at radius 1 is 1.00 bits per heavy atom. The number of halogens is 1. The van der Waals surface area contributed by atoms with Crippen LogP contribution in [0.3, 0.4) is 0 Å². The van der Waals surface area contributed by atoms with Gasteiger partial charge in [0, 0.05) is 36.1 Å². The quantitative estimate of drug-likeness (QED) is 0.121. The number of aliphatic hydroxyl groups is 1. The van der Waals surface area contributed by atoms with Crippen LogP contribution in [0.5, 0.6) is 11.5 Å². The lowest BCUT2D eigenvalue weighted by Gasteiger charge is -2.26. The number of hydrogen-bond acceptors (Lipinski definition) is 6. The highest BCUT2D eigenvalue weighted by Gasteiger charge is 2.46. The van der Waals surface area contributed by atoms with E-state index in [4.69, 9.17) is 21.1 Å². The van der Waals surface area contributed by atoms with Crippen LogP contribution in [0, 0.1) is 0 Å². The van der Waals surface area contributed by atoms with Gasteiger partial charge in [0.15, 0.2) is 11.5 Å². The molecule has 1 unspecified atom stereocenters. The Morgan fingerprint density at radius 2 is 1.79 bits per heavy atom. The molecule has 1 N–H and O–H groups in total. The fourth-order valence-corrected chi connectivity index (χ4v) is 4.81. The van der Waals surface area contributed by atoms with Crippen LogP contribution in [-0.4, -0.2) is 51.0 Å². The molecule has 0 aliphatic carbocycles. The van der Waals surface area contributed by atoms with Gasteiger partial charge in [0.1, 0.15) is 5.76 Å². The topological polar surface area (TPSA) is 93.9 Å². The Balaban J connectivity index is 1.72. The molecule has 1 fully saturated rings. The summed E-state index contributed by atoms with van der Waals surface area (Å²) in [6.45, 7) is 5.94. The highest BCUT2D eigenvalue weighted by molar-refractivity contribution is 6.46. The number of imidazole rings is 1. The van der Waals surface area contributed by atoms with E-state index in [9.17, 15) is 14.7 Å². The van der Waals surface area contributed by atoms with Crippen molar-refractivity contribution in [3.8, 4) is 11.5 Å². The van der Waals surface area contributed by atoms with Gasteiger partial charge in [-0.3, -0.25) is 9.59 Å². The fraction of sp³-hybridized carbons (Fsp3) is 0.367. The van der Waals surface area contributed by atoms with Gasteiger partial charge >= 0.3 is 0 Å². The molecule has 0 saturated carbocycles. The third-order valence-corrected chi connectivity index (χ3v) is 6.87. The summed E-state index contributed by atoms with van der Waals surface area (Å²) in [4.78, 5) is 32.2. The van der Waals surface area contributed by atoms with Crippen LogP contribution >= 0.6 is 11.6 Å². The second kappa shape index (κ2) is 13.3. The van der Waals surface area contributed by atoms with Crippen molar-refractivity contribution in [2.45, 2.75) is 52.1 Å². The van der Waals surface area contributed by atoms with Crippen molar-refractivity contribution in [2.24, 2.45) is 0 Å². The van der Waals surface area contributed by atoms with Gasteiger partial charge in [0.05, 0.1) is 31.2 Å².